The van der Waals surface area contributed by atoms with Crippen LogP contribution < -0.4 is 14.5 Å². The van der Waals surface area contributed by atoms with Gasteiger partial charge in [-0.1, -0.05) is 23.3 Å². The van der Waals surface area contributed by atoms with Crippen LogP contribution in [0, 0.1) is 23.6 Å². The number of imide groups is 2. The number of benzene rings is 3. The van der Waals surface area contributed by atoms with E-state index in [1.807, 2.05) is 0 Å². The molecule has 7 rings (SSSR count). The Morgan fingerprint density at radius 2 is 1.51 bits per heavy atom. The first-order valence-electron chi connectivity index (χ1n) is 14.1. The van der Waals surface area contributed by atoms with Crippen LogP contribution in [0.2, 0.25) is 5.02 Å². The van der Waals surface area contributed by atoms with Gasteiger partial charge in [0.2, 0.25) is 11.8 Å². The summed E-state index contributed by atoms with van der Waals surface area (Å²) in [7, 11) is 1.43. The van der Waals surface area contributed by atoms with Crippen molar-refractivity contribution in [2.24, 2.45) is 17.8 Å². The van der Waals surface area contributed by atoms with Crippen molar-refractivity contribution in [1.82, 2.24) is 0 Å². The van der Waals surface area contributed by atoms with Gasteiger partial charge in [0.05, 0.1) is 30.3 Å². The van der Waals surface area contributed by atoms with Gasteiger partial charge in [0.15, 0.2) is 9.75 Å². The minimum atomic E-state index is -2.18. The van der Waals surface area contributed by atoms with E-state index in [1.165, 1.54) is 37.4 Å². The van der Waals surface area contributed by atoms with Crippen LogP contribution in [0.5, 0.6) is 11.5 Å². The molecule has 0 radical (unpaired) electrons. The lowest BCUT2D eigenvalue weighted by Crippen LogP contribution is -2.60. The van der Waals surface area contributed by atoms with E-state index in [9.17, 15) is 28.7 Å². The Labute approximate surface area is 271 Å². The largest absolute Gasteiger partial charge is 0.508 e. The summed E-state index contributed by atoms with van der Waals surface area (Å²) >= 11 is 20.7. The molecule has 0 spiro atoms. The van der Waals surface area contributed by atoms with Gasteiger partial charge in [-0.3, -0.25) is 24.1 Å². The molecule has 4 amide bonds. The molecular weight excluding hydrogens is 646 g/mol. The van der Waals surface area contributed by atoms with Crippen molar-refractivity contribution < 1.29 is 33.4 Å². The summed E-state index contributed by atoms with van der Waals surface area (Å²) in [5, 5.41) is 11.6. The summed E-state index contributed by atoms with van der Waals surface area (Å²) in [4.78, 5) is 54.2. The van der Waals surface area contributed by atoms with Gasteiger partial charge in [-0.15, -0.1) is 23.2 Å². The highest BCUT2D eigenvalue weighted by molar-refractivity contribution is 6.58. The molecule has 1 saturated carbocycles. The number of ether oxygens (including phenoxy) is 1. The number of amides is 4. The van der Waals surface area contributed by atoms with E-state index in [-0.39, 0.29) is 29.8 Å². The zero-order valence-electron chi connectivity index (χ0n) is 23.5. The fourth-order valence-electron chi connectivity index (χ4n) is 7.48. The average molecular weight is 670 g/mol. The molecule has 8 nitrogen and oxygen atoms in total. The number of fused-ring (bicyclic) bond motifs is 4. The maximum absolute atomic E-state index is 14.4. The monoisotopic (exact) mass is 668 g/mol. The van der Waals surface area contributed by atoms with E-state index in [0.29, 0.717) is 22.0 Å². The third kappa shape index (κ3) is 4.03. The summed E-state index contributed by atoms with van der Waals surface area (Å²) < 4.78 is 19.2. The number of nitrogens with zero attached hydrogens (tertiary/aromatic N) is 2. The maximum Gasteiger partial charge on any atom is 0.258 e. The number of carbonyl (C=O) groups is 4. The summed E-state index contributed by atoms with van der Waals surface area (Å²) in [6.45, 7) is 0. The van der Waals surface area contributed by atoms with Crippen LogP contribution in [-0.2, 0) is 19.2 Å². The normalized spacial score (nSPS) is 30.6. The standard InChI is InChI=1S/C33H24Cl3FN2O6/c1-45-20-10-13-25(40)23(14-20)27-21-11-12-22-26(29(42)38(28(22)41)18-6-2-16(34)3-7-18)24(21)15-32(35)30(43)39(31(44)33(27,32)36)19-8-4-17(37)5-9-19/h2-11,13-14,22,24,26-27,40H,12,15H2,1H3. The van der Waals surface area contributed by atoms with E-state index in [1.54, 1.807) is 30.3 Å². The maximum atomic E-state index is 14.4. The van der Waals surface area contributed by atoms with E-state index < -0.39 is 62.9 Å². The first-order chi connectivity index (χ1) is 21.4. The fourth-order valence-corrected chi connectivity index (χ4v) is 8.53. The number of anilines is 2. The minimum absolute atomic E-state index is 0.0605. The van der Waals surface area contributed by atoms with Crippen molar-refractivity contribution in [1.29, 1.82) is 0 Å². The highest BCUT2D eigenvalue weighted by Crippen LogP contribution is 2.66. The predicted molar refractivity (Wildman–Crippen MR) is 165 cm³/mol. The predicted octanol–water partition coefficient (Wildman–Crippen LogP) is 5.96. The quantitative estimate of drug-likeness (QED) is 0.209. The van der Waals surface area contributed by atoms with E-state index in [2.05, 4.69) is 0 Å². The number of carbonyl (C=O) groups excluding carboxylic acids is 4. The number of hydrogen-bond donors (Lipinski definition) is 1. The third-order valence-electron chi connectivity index (χ3n) is 9.53. The van der Waals surface area contributed by atoms with Gasteiger partial charge in [0.25, 0.3) is 11.8 Å². The lowest BCUT2D eigenvalue weighted by molar-refractivity contribution is -0.125. The van der Waals surface area contributed by atoms with Crippen LogP contribution in [0.4, 0.5) is 15.8 Å². The van der Waals surface area contributed by atoms with E-state index >= 15 is 0 Å². The molecule has 2 aliphatic carbocycles. The van der Waals surface area contributed by atoms with E-state index in [4.69, 9.17) is 39.5 Å². The number of phenolic OH excluding ortho intramolecular Hbond substituents is 1. The van der Waals surface area contributed by atoms with Crippen LogP contribution >= 0.6 is 34.8 Å². The SMILES string of the molecule is COc1ccc(O)c(C2C3=CCC4C(=O)N(c5ccc(Cl)cc5)C(=O)C4C3CC3(Cl)C(=O)N(c4ccc(F)cc4)C(=O)C23Cl)c1. The highest BCUT2D eigenvalue weighted by Gasteiger charge is 2.77. The second-order valence-corrected chi connectivity index (χ2v) is 13.3. The molecule has 12 heteroatoms. The number of hydrogen-bond acceptors (Lipinski definition) is 6. The molecule has 1 N–H and O–H groups in total. The topological polar surface area (TPSA) is 104 Å². The third-order valence-corrected chi connectivity index (χ3v) is 11.2. The van der Waals surface area contributed by atoms with Crippen LogP contribution in [0.25, 0.3) is 0 Å². The van der Waals surface area contributed by atoms with Crippen molar-refractivity contribution in [3.05, 3.63) is 94.8 Å². The molecule has 3 aromatic rings. The van der Waals surface area contributed by atoms with Crippen LogP contribution in [0.1, 0.15) is 24.3 Å². The Kier molecular flexibility index (Phi) is 6.82. The summed E-state index contributed by atoms with van der Waals surface area (Å²) in [6.07, 6.45) is 1.67. The Morgan fingerprint density at radius 1 is 0.867 bits per heavy atom. The minimum Gasteiger partial charge on any atom is -0.508 e. The van der Waals surface area contributed by atoms with Gasteiger partial charge >= 0.3 is 0 Å². The number of allylic oxidation sites excluding steroid dienone is 2. The van der Waals surface area contributed by atoms with Gasteiger partial charge in [-0.25, -0.2) is 9.29 Å². The fraction of sp³-hybridized carbons (Fsp3) is 0.273. The molecule has 4 aliphatic rings. The van der Waals surface area contributed by atoms with Crippen molar-refractivity contribution in [2.45, 2.75) is 28.5 Å². The first kappa shape index (κ1) is 29.8. The smallest absolute Gasteiger partial charge is 0.258 e. The number of methoxy groups -OCH3 is 1. The summed E-state index contributed by atoms with van der Waals surface area (Å²) in [5.74, 6) is -6.77. The van der Waals surface area contributed by atoms with Crippen LogP contribution in [0.3, 0.4) is 0 Å². The molecular formula is C33H24Cl3FN2O6. The van der Waals surface area contributed by atoms with Crippen molar-refractivity contribution >= 4 is 69.8 Å². The second kappa shape index (κ2) is 10.3. The molecule has 2 heterocycles. The number of rotatable bonds is 4. The molecule has 2 saturated heterocycles. The van der Waals surface area contributed by atoms with Crippen molar-refractivity contribution in [3.63, 3.8) is 0 Å². The Morgan fingerprint density at radius 3 is 2.18 bits per heavy atom. The number of aromatic hydroxyl groups is 1. The summed E-state index contributed by atoms with van der Waals surface area (Å²) in [6, 6.07) is 15.5. The zero-order chi connectivity index (χ0) is 32.0. The first-order valence-corrected chi connectivity index (χ1v) is 15.3. The zero-order valence-corrected chi connectivity index (χ0v) is 25.8. The number of alkyl halides is 2. The molecule has 0 aromatic heterocycles. The molecule has 3 fully saturated rings. The van der Waals surface area contributed by atoms with Crippen LogP contribution in [-0.4, -0.2) is 45.6 Å². The Bertz CT molecular complexity index is 1830. The van der Waals surface area contributed by atoms with Gasteiger partial charge in [0.1, 0.15) is 17.3 Å². The molecule has 0 bridgehead atoms. The van der Waals surface area contributed by atoms with Gasteiger partial charge in [0, 0.05) is 16.5 Å². The van der Waals surface area contributed by atoms with Gasteiger partial charge in [-0.2, -0.15) is 0 Å². The molecule has 230 valence electrons. The molecule has 6 unspecified atom stereocenters. The highest BCUT2D eigenvalue weighted by atomic mass is 35.5. The Hall–Kier alpha value is -3.92. The Balaban J connectivity index is 1.41. The second-order valence-electron chi connectivity index (χ2n) is 11.7. The molecule has 3 aromatic carbocycles. The lowest BCUT2D eigenvalue weighted by atomic mass is 9.56. The average Bonchev–Trinajstić information content (AvgIpc) is 3.36. The van der Waals surface area contributed by atoms with Gasteiger partial charge in [-0.05, 0) is 85.5 Å². The van der Waals surface area contributed by atoms with E-state index in [0.717, 1.165) is 21.9 Å². The number of phenols is 1. The lowest BCUT2D eigenvalue weighted by Gasteiger charge is -2.50. The molecule has 6 atom stereocenters. The summed E-state index contributed by atoms with van der Waals surface area (Å²) in [5.41, 5.74) is 1.08. The number of halogens is 4. The van der Waals surface area contributed by atoms with Crippen molar-refractivity contribution in [2.75, 3.05) is 16.9 Å². The van der Waals surface area contributed by atoms with Crippen LogP contribution in [0.15, 0.2) is 78.4 Å². The molecule has 2 aliphatic heterocycles. The van der Waals surface area contributed by atoms with Crippen molar-refractivity contribution in [3.8, 4) is 11.5 Å². The van der Waals surface area contributed by atoms with Gasteiger partial charge < -0.3 is 9.84 Å². The molecule has 45 heavy (non-hydrogen) atoms.